The van der Waals surface area contributed by atoms with Crippen LogP contribution in [0, 0.1) is 5.92 Å². The van der Waals surface area contributed by atoms with E-state index in [4.69, 9.17) is 9.47 Å². The summed E-state index contributed by atoms with van der Waals surface area (Å²) in [6.45, 7) is 11.0. The number of rotatable bonds is 9. The summed E-state index contributed by atoms with van der Waals surface area (Å²) in [5, 5.41) is 0. The van der Waals surface area contributed by atoms with Gasteiger partial charge in [0.2, 0.25) is 0 Å². The Morgan fingerprint density at radius 2 is 1.44 bits per heavy atom. The molecule has 0 aliphatic rings. The summed E-state index contributed by atoms with van der Waals surface area (Å²) in [6.07, 6.45) is 2.26. The monoisotopic (exact) mass is 231 g/mol. The van der Waals surface area contributed by atoms with Gasteiger partial charge in [0.05, 0.1) is 0 Å². The van der Waals surface area contributed by atoms with Crippen molar-refractivity contribution in [2.75, 3.05) is 27.3 Å². The van der Waals surface area contributed by atoms with Gasteiger partial charge >= 0.3 is 0 Å². The van der Waals surface area contributed by atoms with Crippen LogP contribution in [0.5, 0.6) is 0 Å². The van der Waals surface area contributed by atoms with Crippen LogP contribution in [0.15, 0.2) is 0 Å². The lowest BCUT2D eigenvalue weighted by Gasteiger charge is -2.33. The van der Waals surface area contributed by atoms with E-state index in [2.05, 4.69) is 32.6 Å². The zero-order chi connectivity index (χ0) is 12.6. The van der Waals surface area contributed by atoms with Crippen LogP contribution in [0.2, 0.25) is 0 Å². The molecule has 98 valence electrons. The first-order valence-electron chi connectivity index (χ1n) is 6.38. The van der Waals surface area contributed by atoms with Gasteiger partial charge in [0.1, 0.15) is 0 Å². The molecule has 0 saturated carbocycles. The summed E-state index contributed by atoms with van der Waals surface area (Å²) in [6, 6.07) is 0.634. The standard InChI is InChI=1S/C13H29NO2/c1-7-12(8-2)14(9-11(3)4)10-13(15-5)16-6/h11-13H,7-10H2,1-6H3. The molecule has 3 nitrogen and oxygen atoms in total. The molecule has 0 heterocycles. The third-order valence-corrected chi connectivity index (χ3v) is 2.97. The molecule has 0 aromatic carbocycles. The summed E-state index contributed by atoms with van der Waals surface area (Å²) in [7, 11) is 3.41. The van der Waals surface area contributed by atoms with E-state index in [0.717, 1.165) is 13.1 Å². The van der Waals surface area contributed by atoms with Crippen LogP contribution in [0.1, 0.15) is 40.5 Å². The number of hydrogen-bond donors (Lipinski definition) is 0. The summed E-state index contributed by atoms with van der Waals surface area (Å²) in [5.41, 5.74) is 0. The van der Waals surface area contributed by atoms with E-state index < -0.39 is 0 Å². The lowest BCUT2D eigenvalue weighted by molar-refractivity contribution is -0.122. The van der Waals surface area contributed by atoms with Crippen LogP contribution in [-0.2, 0) is 9.47 Å². The van der Waals surface area contributed by atoms with Gasteiger partial charge in [0.25, 0.3) is 0 Å². The Morgan fingerprint density at radius 3 is 1.75 bits per heavy atom. The Bertz CT molecular complexity index is 154. The molecule has 0 saturated heterocycles. The molecule has 0 rings (SSSR count). The van der Waals surface area contributed by atoms with Crippen molar-refractivity contribution in [1.82, 2.24) is 4.90 Å². The van der Waals surface area contributed by atoms with Gasteiger partial charge < -0.3 is 9.47 Å². The molecule has 0 atom stereocenters. The predicted molar refractivity (Wildman–Crippen MR) is 68.6 cm³/mol. The highest BCUT2D eigenvalue weighted by Gasteiger charge is 2.20. The van der Waals surface area contributed by atoms with Gasteiger partial charge in [-0.15, -0.1) is 0 Å². The summed E-state index contributed by atoms with van der Waals surface area (Å²) in [5.74, 6) is 0.676. The fourth-order valence-electron chi connectivity index (χ4n) is 2.08. The Hall–Kier alpha value is -0.120. The second kappa shape index (κ2) is 8.97. The van der Waals surface area contributed by atoms with Crippen molar-refractivity contribution < 1.29 is 9.47 Å². The molecule has 0 N–H and O–H groups in total. The van der Waals surface area contributed by atoms with Crippen LogP contribution in [0.25, 0.3) is 0 Å². The molecule has 3 heteroatoms. The van der Waals surface area contributed by atoms with Crippen molar-refractivity contribution in [3.05, 3.63) is 0 Å². The second-order valence-corrected chi connectivity index (χ2v) is 4.72. The van der Waals surface area contributed by atoms with E-state index in [1.807, 2.05) is 0 Å². The maximum atomic E-state index is 5.29. The van der Waals surface area contributed by atoms with E-state index in [1.165, 1.54) is 12.8 Å². The van der Waals surface area contributed by atoms with Crippen LogP contribution in [0.4, 0.5) is 0 Å². The summed E-state index contributed by atoms with van der Waals surface area (Å²) < 4.78 is 10.6. The Labute approximate surface area is 101 Å². The van der Waals surface area contributed by atoms with Crippen LogP contribution < -0.4 is 0 Å². The Balaban J connectivity index is 4.39. The van der Waals surface area contributed by atoms with Crippen LogP contribution >= 0.6 is 0 Å². The van der Waals surface area contributed by atoms with Crippen molar-refractivity contribution in [3.63, 3.8) is 0 Å². The zero-order valence-corrected chi connectivity index (χ0v) is 11.8. The predicted octanol–water partition coefficient (Wildman–Crippen LogP) is 2.75. The van der Waals surface area contributed by atoms with Gasteiger partial charge in [0.15, 0.2) is 6.29 Å². The van der Waals surface area contributed by atoms with Gasteiger partial charge in [-0.25, -0.2) is 0 Å². The average molecular weight is 231 g/mol. The summed E-state index contributed by atoms with van der Waals surface area (Å²) >= 11 is 0. The molecule has 16 heavy (non-hydrogen) atoms. The average Bonchev–Trinajstić information content (AvgIpc) is 2.26. The molecule has 0 amide bonds. The minimum absolute atomic E-state index is 0.112. The van der Waals surface area contributed by atoms with E-state index in [0.29, 0.717) is 12.0 Å². The van der Waals surface area contributed by atoms with Crippen molar-refractivity contribution in [2.24, 2.45) is 5.92 Å². The normalized spacial score (nSPS) is 12.4. The molecule has 0 unspecified atom stereocenters. The highest BCUT2D eigenvalue weighted by atomic mass is 16.7. The molecule has 0 spiro atoms. The SMILES string of the molecule is CCC(CC)N(CC(C)C)CC(OC)OC. The van der Waals surface area contributed by atoms with E-state index in [1.54, 1.807) is 14.2 Å². The number of methoxy groups -OCH3 is 2. The van der Waals surface area contributed by atoms with Gasteiger partial charge in [0, 0.05) is 33.4 Å². The zero-order valence-electron chi connectivity index (χ0n) is 11.8. The maximum Gasteiger partial charge on any atom is 0.169 e. The van der Waals surface area contributed by atoms with Crippen LogP contribution in [0.3, 0.4) is 0 Å². The molecular formula is C13H29NO2. The third-order valence-electron chi connectivity index (χ3n) is 2.97. The van der Waals surface area contributed by atoms with Gasteiger partial charge in [-0.3, -0.25) is 4.90 Å². The lowest BCUT2D eigenvalue weighted by atomic mass is 10.1. The number of nitrogens with zero attached hydrogens (tertiary/aromatic N) is 1. The van der Waals surface area contributed by atoms with Gasteiger partial charge in [-0.2, -0.15) is 0 Å². The maximum absolute atomic E-state index is 5.29. The second-order valence-electron chi connectivity index (χ2n) is 4.72. The van der Waals surface area contributed by atoms with Crippen molar-refractivity contribution in [2.45, 2.75) is 52.9 Å². The molecular weight excluding hydrogens is 202 g/mol. The molecule has 0 fully saturated rings. The van der Waals surface area contributed by atoms with Crippen LogP contribution in [-0.4, -0.2) is 44.5 Å². The van der Waals surface area contributed by atoms with Crippen molar-refractivity contribution in [3.8, 4) is 0 Å². The van der Waals surface area contributed by atoms with E-state index >= 15 is 0 Å². The number of hydrogen-bond acceptors (Lipinski definition) is 3. The largest absolute Gasteiger partial charge is 0.355 e. The molecule has 0 aliphatic carbocycles. The smallest absolute Gasteiger partial charge is 0.169 e. The quantitative estimate of drug-likeness (QED) is 0.570. The first-order valence-corrected chi connectivity index (χ1v) is 6.38. The van der Waals surface area contributed by atoms with Gasteiger partial charge in [-0.05, 0) is 18.8 Å². The molecule has 0 bridgehead atoms. The molecule has 0 aliphatic heterocycles. The van der Waals surface area contributed by atoms with E-state index in [9.17, 15) is 0 Å². The Kier molecular flexibility index (Phi) is 8.90. The highest BCUT2D eigenvalue weighted by Crippen LogP contribution is 2.13. The minimum Gasteiger partial charge on any atom is -0.355 e. The van der Waals surface area contributed by atoms with Crippen molar-refractivity contribution in [1.29, 1.82) is 0 Å². The highest BCUT2D eigenvalue weighted by molar-refractivity contribution is 4.71. The fraction of sp³-hybridized carbons (Fsp3) is 1.00. The molecule has 0 aromatic rings. The Morgan fingerprint density at radius 1 is 0.938 bits per heavy atom. The third kappa shape index (κ3) is 5.83. The molecule has 0 radical (unpaired) electrons. The minimum atomic E-state index is -0.112. The number of ether oxygens (including phenoxy) is 2. The first-order chi connectivity index (χ1) is 7.58. The van der Waals surface area contributed by atoms with Crippen molar-refractivity contribution >= 4 is 0 Å². The lowest BCUT2D eigenvalue weighted by Crippen LogP contribution is -2.43. The fourth-order valence-corrected chi connectivity index (χ4v) is 2.08. The first kappa shape index (κ1) is 15.9. The molecule has 0 aromatic heterocycles. The topological polar surface area (TPSA) is 21.7 Å². The van der Waals surface area contributed by atoms with Gasteiger partial charge in [-0.1, -0.05) is 27.7 Å². The summed E-state index contributed by atoms with van der Waals surface area (Å²) in [4.78, 5) is 2.49. The van der Waals surface area contributed by atoms with E-state index in [-0.39, 0.29) is 6.29 Å².